The van der Waals surface area contributed by atoms with Gasteiger partial charge in [-0.2, -0.15) is 5.26 Å². The van der Waals surface area contributed by atoms with Crippen LogP contribution in [0.4, 0.5) is 16.0 Å². The average Bonchev–Trinajstić information content (AvgIpc) is 2.86. The third-order valence-electron chi connectivity index (χ3n) is 3.63. The molecule has 1 atom stereocenters. The maximum atomic E-state index is 13.9. The van der Waals surface area contributed by atoms with Crippen LogP contribution in [0.2, 0.25) is 0 Å². The van der Waals surface area contributed by atoms with Crippen molar-refractivity contribution in [3.05, 3.63) is 41.7 Å². The van der Waals surface area contributed by atoms with E-state index in [4.69, 9.17) is 11.0 Å². The van der Waals surface area contributed by atoms with Gasteiger partial charge in [0.05, 0.1) is 11.6 Å². The van der Waals surface area contributed by atoms with E-state index in [1.54, 1.807) is 16.7 Å². The molecule has 0 saturated carbocycles. The van der Waals surface area contributed by atoms with E-state index in [9.17, 15) is 4.39 Å². The highest BCUT2D eigenvalue weighted by Gasteiger charge is 2.18. The minimum Gasteiger partial charge on any atom is -0.382 e. The number of nitrogens with zero attached hydrogens (tertiary/aromatic N) is 5. The van der Waals surface area contributed by atoms with Gasteiger partial charge in [-0.05, 0) is 19.1 Å². The fourth-order valence-electron chi connectivity index (χ4n) is 2.47. The summed E-state index contributed by atoms with van der Waals surface area (Å²) in [7, 11) is 1.81. The van der Waals surface area contributed by atoms with E-state index >= 15 is 0 Å². The normalized spacial score (nSPS) is 12.1. The molecule has 23 heavy (non-hydrogen) atoms. The summed E-state index contributed by atoms with van der Waals surface area (Å²) < 4.78 is 15.7. The number of nitrogens with one attached hydrogen (secondary N) is 1. The monoisotopic (exact) mass is 311 g/mol. The second-order valence-corrected chi connectivity index (χ2v) is 5.10. The molecule has 0 radical (unpaired) electrons. The highest BCUT2D eigenvalue weighted by molar-refractivity contribution is 5.76. The number of rotatable bonds is 3. The van der Waals surface area contributed by atoms with E-state index in [1.165, 1.54) is 12.4 Å². The zero-order valence-electron chi connectivity index (χ0n) is 12.6. The molecular formula is C15H14FN7. The highest BCUT2D eigenvalue weighted by Crippen LogP contribution is 2.25. The fraction of sp³-hybridized carbons (Fsp3) is 0.200. The standard InChI is InChI=1S/C15H14FN7/c1-8(21-14-9(6-17)13(18)19-7-20-14)15-22-12-10(16)4-3-5-11(12)23(15)2/h3-5,7-8H,1-2H3,(H3,18,19,20,21). The summed E-state index contributed by atoms with van der Waals surface area (Å²) in [6.07, 6.45) is 1.28. The molecule has 116 valence electrons. The first-order valence-electron chi connectivity index (χ1n) is 6.91. The molecule has 2 heterocycles. The second kappa shape index (κ2) is 5.53. The molecule has 0 bridgehead atoms. The number of aryl methyl sites for hydroxylation is 1. The molecule has 1 aromatic carbocycles. The number of halogens is 1. The first kappa shape index (κ1) is 14.7. The Labute approximate surface area is 131 Å². The number of aromatic nitrogens is 4. The average molecular weight is 311 g/mol. The molecular weight excluding hydrogens is 297 g/mol. The molecule has 1 unspecified atom stereocenters. The van der Waals surface area contributed by atoms with Crippen LogP contribution in [0.15, 0.2) is 24.5 Å². The van der Waals surface area contributed by atoms with Crippen molar-refractivity contribution in [2.45, 2.75) is 13.0 Å². The van der Waals surface area contributed by atoms with Crippen molar-refractivity contribution in [1.29, 1.82) is 5.26 Å². The first-order chi connectivity index (χ1) is 11.0. The lowest BCUT2D eigenvalue weighted by Gasteiger charge is -2.15. The number of nitriles is 1. The van der Waals surface area contributed by atoms with Gasteiger partial charge in [-0.1, -0.05) is 6.07 Å². The zero-order valence-corrected chi connectivity index (χ0v) is 12.6. The SMILES string of the molecule is CC(Nc1ncnc(N)c1C#N)c1nc2c(F)cccc2n1C. The van der Waals surface area contributed by atoms with Crippen LogP contribution >= 0.6 is 0 Å². The lowest BCUT2D eigenvalue weighted by Crippen LogP contribution is -2.14. The molecule has 0 saturated heterocycles. The van der Waals surface area contributed by atoms with Crippen molar-refractivity contribution in [3.63, 3.8) is 0 Å². The summed E-state index contributed by atoms with van der Waals surface area (Å²) in [6.45, 7) is 1.85. The number of para-hydroxylation sites is 1. The van der Waals surface area contributed by atoms with Gasteiger partial charge in [0, 0.05) is 7.05 Å². The van der Waals surface area contributed by atoms with E-state index in [2.05, 4.69) is 20.3 Å². The van der Waals surface area contributed by atoms with Crippen molar-refractivity contribution in [1.82, 2.24) is 19.5 Å². The number of nitrogens with two attached hydrogens (primary N) is 1. The summed E-state index contributed by atoms with van der Waals surface area (Å²) in [5.74, 6) is 0.667. The number of fused-ring (bicyclic) bond motifs is 1. The van der Waals surface area contributed by atoms with E-state index in [1.807, 2.05) is 20.0 Å². The van der Waals surface area contributed by atoms with Gasteiger partial charge < -0.3 is 15.6 Å². The predicted molar refractivity (Wildman–Crippen MR) is 83.9 cm³/mol. The van der Waals surface area contributed by atoms with Crippen LogP contribution in [0.1, 0.15) is 24.4 Å². The molecule has 3 N–H and O–H groups in total. The van der Waals surface area contributed by atoms with Crippen LogP contribution in [0, 0.1) is 17.1 Å². The minimum absolute atomic E-state index is 0.105. The van der Waals surface area contributed by atoms with Crippen molar-refractivity contribution in [2.24, 2.45) is 7.05 Å². The molecule has 0 fully saturated rings. The molecule has 0 spiro atoms. The van der Waals surface area contributed by atoms with Gasteiger partial charge in [-0.25, -0.2) is 19.3 Å². The Morgan fingerprint density at radius 2 is 2.17 bits per heavy atom. The van der Waals surface area contributed by atoms with Crippen LogP contribution in [0.3, 0.4) is 0 Å². The Bertz CT molecular complexity index is 925. The zero-order chi connectivity index (χ0) is 16.6. The molecule has 0 aliphatic carbocycles. The van der Waals surface area contributed by atoms with Crippen LogP contribution in [0.25, 0.3) is 11.0 Å². The Morgan fingerprint density at radius 1 is 1.39 bits per heavy atom. The van der Waals surface area contributed by atoms with Gasteiger partial charge in [-0.3, -0.25) is 0 Å². The van der Waals surface area contributed by atoms with Crippen LogP contribution in [-0.2, 0) is 7.05 Å². The molecule has 8 heteroatoms. The Kier molecular flexibility index (Phi) is 3.54. The molecule has 2 aromatic heterocycles. The first-order valence-corrected chi connectivity index (χ1v) is 6.91. The maximum absolute atomic E-state index is 13.9. The Morgan fingerprint density at radius 3 is 2.87 bits per heavy atom. The highest BCUT2D eigenvalue weighted by atomic mass is 19.1. The number of hydrogen-bond donors (Lipinski definition) is 2. The predicted octanol–water partition coefficient (Wildman–Crippen LogP) is 2.13. The number of imidazole rings is 1. The van der Waals surface area contributed by atoms with Gasteiger partial charge >= 0.3 is 0 Å². The van der Waals surface area contributed by atoms with E-state index in [0.29, 0.717) is 22.7 Å². The third-order valence-corrected chi connectivity index (χ3v) is 3.63. The molecule has 7 nitrogen and oxygen atoms in total. The fourth-order valence-corrected chi connectivity index (χ4v) is 2.47. The largest absolute Gasteiger partial charge is 0.382 e. The summed E-state index contributed by atoms with van der Waals surface area (Å²) in [6, 6.07) is 6.47. The van der Waals surface area contributed by atoms with Crippen LogP contribution < -0.4 is 11.1 Å². The molecule has 3 rings (SSSR count). The second-order valence-electron chi connectivity index (χ2n) is 5.10. The third kappa shape index (κ3) is 2.42. The number of anilines is 2. The van der Waals surface area contributed by atoms with Crippen molar-refractivity contribution in [3.8, 4) is 6.07 Å². The van der Waals surface area contributed by atoms with E-state index < -0.39 is 0 Å². The summed E-state index contributed by atoms with van der Waals surface area (Å²) in [5.41, 5.74) is 6.84. The number of hydrogen-bond acceptors (Lipinski definition) is 6. The van der Waals surface area contributed by atoms with Crippen molar-refractivity contribution < 1.29 is 4.39 Å². The number of nitrogen functional groups attached to an aromatic ring is 1. The number of benzene rings is 1. The Balaban J connectivity index is 2.01. The minimum atomic E-state index is -0.374. The van der Waals surface area contributed by atoms with E-state index in [0.717, 1.165) is 0 Å². The molecule has 3 aromatic rings. The van der Waals surface area contributed by atoms with E-state index in [-0.39, 0.29) is 23.2 Å². The van der Waals surface area contributed by atoms with Gasteiger partial charge in [0.1, 0.15) is 40.9 Å². The smallest absolute Gasteiger partial charge is 0.151 e. The topological polar surface area (TPSA) is 105 Å². The van der Waals surface area contributed by atoms with Gasteiger partial charge in [0.2, 0.25) is 0 Å². The van der Waals surface area contributed by atoms with Gasteiger partial charge in [0.25, 0.3) is 0 Å². The van der Waals surface area contributed by atoms with Crippen LogP contribution in [-0.4, -0.2) is 19.5 Å². The van der Waals surface area contributed by atoms with Crippen molar-refractivity contribution in [2.75, 3.05) is 11.1 Å². The molecule has 0 amide bonds. The lowest BCUT2D eigenvalue weighted by molar-refractivity contribution is 0.636. The molecule has 0 aliphatic rings. The summed E-state index contributed by atoms with van der Waals surface area (Å²) in [5, 5.41) is 12.2. The lowest BCUT2D eigenvalue weighted by atomic mass is 10.2. The quantitative estimate of drug-likeness (QED) is 0.767. The summed E-state index contributed by atoms with van der Waals surface area (Å²) >= 11 is 0. The maximum Gasteiger partial charge on any atom is 0.151 e. The Hall–Kier alpha value is -3.21. The van der Waals surface area contributed by atoms with Gasteiger partial charge in [0.15, 0.2) is 5.82 Å². The van der Waals surface area contributed by atoms with Gasteiger partial charge in [-0.15, -0.1) is 0 Å². The van der Waals surface area contributed by atoms with Crippen molar-refractivity contribution >= 4 is 22.7 Å². The van der Waals surface area contributed by atoms with Crippen LogP contribution in [0.5, 0.6) is 0 Å². The summed E-state index contributed by atoms with van der Waals surface area (Å²) in [4.78, 5) is 12.2. The molecule has 0 aliphatic heterocycles.